The zero-order valence-electron chi connectivity index (χ0n) is 9.18. The molecule has 1 aromatic carbocycles. The van der Waals surface area contributed by atoms with Crippen LogP contribution in [-0.4, -0.2) is 20.6 Å². The number of aromatic carboxylic acids is 1. The van der Waals surface area contributed by atoms with Gasteiger partial charge in [-0.1, -0.05) is 6.07 Å². The van der Waals surface area contributed by atoms with Crippen molar-refractivity contribution < 1.29 is 9.90 Å². The van der Waals surface area contributed by atoms with Crippen LogP contribution in [0.2, 0.25) is 0 Å². The summed E-state index contributed by atoms with van der Waals surface area (Å²) in [5.74, 6) is -1.40. The molecule has 2 N–H and O–H groups in total. The van der Waals surface area contributed by atoms with Gasteiger partial charge in [0.15, 0.2) is 0 Å². The smallest absolute Gasteiger partial charge is 0.342 e. The molecule has 0 spiro atoms. The molecule has 0 fully saturated rings. The van der Waals surface area contributed by atoms with E-state index in [-0.39, 0.29) is 0 Å². The topological polar surface area (TPSA) is 92.2 Å². The normalized spacial score (nSPS) is 10.4. The van der Waals surface area contributed by atoms with E-state index >= 15 is 0 Å². The molecule has 98 valence electrons. The van der Waals surface area contributed by atoms with E-state index in [4.69, 9.17) is 5.11 Å². The maximum Gasteiger partial charge on any atom is 0.342 e. The molecule has 0 aliphatic carbocycles. The Hall–Kier alpha value is -1.67. The fourth-order valence-corrected chi connectivity index (χ4v) is 2.89. The summed E-state index contributed by atoms with van der Waals surface area (Å²) < 4.78 is 2.21. The first-order valence-electron chi connectivity index (χ1n) is 4.95. The highest BCUT2D eigenvalue weighted by Crippen LogP contribution is 2.27. The molecule has 0 unspecified atom stereocenters. The van der Waals surface area contributed by atoms with Crippen molar-refractivity contribution in [3.05, 3.63) is 59.7 Å². The van der Waals surface area contributed by atoms with Gasteiger partial charge >= 0.3 is 11.7 Å². The van der Waals surface area contributed by atoms with Crippen LogP contribution in [0.15, 0.2) is 42.9 Å². The summed E-state index contributed by atoms with van der Waals surface area (Å²) in [4.78, 5) is 36.1. The van der Waals surface area contributed by atoms with Gasteiger partial charge < -0.3 is 5.11 Å². The zero-order chi connectivity index (χ0) is 14.2. The second kappa shape index (κ2) is 5.14. The maximum atomic E-state index is 11.8. The third-order valence-corrected chi connectivity index (χ3v) is 3.63. The van der Waals surface area contributed by atoms with E-state index in [0.717, 1.165) is 10.8 Å². The summed E-state index contributed by atoms with van der Waals surface area (Å²) >= 11 is 6.54. The van der Waals surface area contributed by atoms with Gasteiger partial charge in [0.2, 0.25) is 0 Å². The van der Waals surface area contributed by atoms with Gasteiger partial charge in [-0.15, -0.1) is 0 Å². The molecule has 2 rings (SSSR count). The predicted molar refractivity (Wildman–Crippen MR) is 75.0 cm³/mol. The van der Waals surface area contributed by atoms with E-state index < -0.39 is 22.8 Å². The monoisotopic (exact) mass is 388 g/mol. The number of hydrogen-bond donors (Lipinski definition) is 2. The number of benzene rings is 1. The number of carboxylic acid groups (broad SMARTS) is 1. The number of aromatic amines is 1. The maximum absolute atomic E-state index is 11.8. The van der Waals surface area contributed by atoms with E-state index in [1.807, 2.05) is 4.98 Å². The minimum Gasteiger partial charge on any atom is -0.477 e. The number of halogens is 2. The van der Waals surface area contributed by atoms with Crippen molar-refractivity contribution in [1.29, 1.82) is 0 Å². The summed E-state index contributed by atoms with van der Waals surface area (Å²) in [6.07, 6.45) is 0.994. The Bertz CT molecular complexity index is 759. The third-order valence-electron chi connectivity index (χ3n) is 2.35. The van der Waals surface area contributed by atoms with Gasteiger partial charge in [-0.2, -0.15) is 0 Å². The molecular weight excluding hydrogens is 384 g/mol. The lowest BCUT2D eigenvalue weighted by atomic mass is 10.3. The van der Waals surface area contributed by atoms with Gasteiger partial charge in [-0.3, -0.25) is 14.3 Å². The number of carbonyl (C=O) groups is 1. The predicted octanol–water partition coefficient (Wildman–Crippen LogP) is 1.75. The molecule has 8 heteroatoms. The quantitative estimate of drug-likeness (QED) is 0.818. The summed E-state index contributed by atoms with van der Waals surface area (Å²) in [6.45, 7) is 0. The van der Waals surface area contributed by atoms with Crippen molar-refractivity contribution in [3.63, 3.8) is 0 Å². The highest BCUT2D eigenvalue weighted by atomic mass is 79.9. The molecule has 0 saturated heterocycles. The number of nitrogens with one attached hydrogen (secondary N) is 1. The lowest BCUT2D eigenvalue weighted by Gasteiger charge is -2.10. The first-order valence-corrected chi connectivity index (χ1v) is 6.54. The fraction of sp³-hybridized carbons (Fsp3) is 0. The Morgan fingerprint density at radius 3 is 2.32 bits per heavy atom. The zero-order valence-corrected chi connectivity index (χ0v) is 12.4. The Morgan fingerprint density at radius 1 is 1.21 bits per heavy atom. The van der Waals surface area contributed by atoms with E-state index in [2.05, 4.69) is 31.9 Å². The molecule has 0 atom stereocenters. The number of H-pyrrole nitrogens is 1. The number of rotatable bonds is 2. The molecule has 1 aromatic heterocycles. The van der Waals surface area contributed by atoms with Gasteiger partial charge in [-0.05, 0) is 44.0 Å². The summed E-state index contributed by atoms with van der Waals surface area (Å²) in [5, 5.41) is 8.91. The molecule has 0 radical (unpaired) electrons. The fourth-order valence-electron chi connectivity index (χ4n) is 1.51. The van der Waals surface area contributed by atoms with Crippen LogP contribution in [0, 0.1) is 0 Å². The SMILES string of the molecule is O=C(O)c1cn(-c2c(Br)cccc2Br)c(=O)[nH]c1=O. The molecule has 0 aliphatic heterocycles. The number of carboxylic acids is 1. The molecule has 2 aromatic rings. The first-order chi connectivity index (χ1) is 8.91. The summed E-state index contributed by atoms with van der Waals surface area (Å²) in [7, 11) is 0. The summed E-state index contributed by atoms with van der Waals surface area (Å²) in [6, 6.07) is 5.13. The molecule has 0 bridgehead atoms. The van der Waals surface area contributed by atoms with Gasteiger partial charge in [0.25, 0.3) is 5.56 Å². The van der Waals surface area contributed by atoms with Crippen LogP contribution >= 0.6 is 31.9 Å². The van der Waals surface area contributed by atoms with Crippen molar-refractivity contribution in [2.24, 2.45) is 0 Å². The minimum absolute atomic E-state index is 0.409. The van der Waals surface area contributed by atoms with Crippen LogP contribution in [0.3, 0.4) is 0 Å². The number of para-hydroxylation sites is 1. The van der Waals surface area contributed by atoms with Crippen LogP contribution in [-0.2, 0) is 0 Å². The van der Waals surface area contributed by atoms with E-state index in [9.17, 15) is 14.4 Å². The Balaban J connectivity index is 2.84. The molecule has 0 amide bonds. The minimum atomic E-state index is -1.40. The number of hydrogen-bond acceptors (Lipinski definition) is 3. The Kier molecular flexibility index (Phi) is 3.72. The van der Waals surface area contributed by atoms with Crippen LogP contribution in [0.4, 0.5) is 0 Å². The first kappa shape index (κ1) is 13.8. The average molecular weight is 390 g/mol. The molecule has 0 saturated carbocycles. The highest BCUT2D eigenvalue weighted by molar-refractivity contribution is 9.11. The highest BCUT2D eigenvalue weighted by Gasteiger charge is 2.15. The molecule has 19 heavy (non-hydrogen) atoms. The van der Waals surface area contributed by atoms with Gasteiger partial charge in [0.05, 0.1) is 5.69 Å². The number of nitrogens with zero attached hydrogens (tertiary/aromatic N) is 1. The standard InChI is InChI=1S/C11H6Br2N2O4/c12-6-2-1-3-7(13)8(6)15-4-5(10(17)18)9(16)14-11(15)19/h1-4H,(H,17,18)(H,14,16,19). The number of aromatic nitrogens is 2. The van der Waals surface area contributed by atoms with Crippen LogP contribution in [0.5, 0.6) is 0 Å². The van der Waals surface area contributed by atoms with Crippen molar-refractivity contribution in [1.82, 2.24) is 9.55 Å². The lowest BCUT2D eigenvalue weighted by Crippen LogP contribution is -2.32. The molecule has 6 nitrogen and oxygen atoms in total. The average Bonchev–Trinajstić information content (AvgIpc) is 2.30. The second-order valence-corrected chi connectivity index (χ2v) is 5.26. The third kappa shape index (κ3) is 2.54. The van der Waals surface area contributed by atoms with Crippen molar-refractivity contribution >= 4 is 37.8 Å². The van der Waals surface area contributed by atoms with Crippen LogP contribution in [0.1, 0.15) is 10.4 Å². The Morgan fingerprint density at radius 2 is 1.79 bits per heavy atom. The summed E-state index contributed by atoms with van der Waals surface area (Å²) in [5.41, 5.74) is -1.76. The second-order valence-electron chi connectivity index (χ2n) is 3.55. The van der Waals surface area contributed by atoms with E-state index in [0.29, 0.717) is 14.6 Å². The largest absolute Gasteiger partial charge is 0.477 e. The van der Waals surface area contributed by atoms with Crippen molar-refractivity contribution in [2.75, 3.05) is 0 Å². The lowest BCUT2D eigenvalue weighted by molar-refractivity contribution is 0.0694. The van der Waals surface area contributed by atoms with Gasteiger partial charge in [0, 0.05) is 15.1 Å². The van der Waals surface area contributed by atoms with Crippen LogP contribution < -0.4 is 11.2 Å². The van der Waals surface area contributed by atoms with E-state index in [1.165, 1.54) is 0 Å². The molecular formula is C11H6Br2N2O4. The molecule has 0 aliphatic rings. The van der Waals surface area contributed by atoms with Crippen molar-refractivity contribution in [3.8, 4) is 5.69 Å². The Labute approximate surface area is 123 Å². The van der Waals surface area contributed by atoms with Crippen molar-refractivity contribution in [2.45, 2.75) is 0 Å². The van der Waals surface area contributed by atoms with E-state index in [1.54, 1.807) is 18.2 Å². The van der Waals surface area contributed by atoms with Crippen LogP contribution in [0.25, 0.3) is 5.69 Å². The van der Waals surface area contributed by atoms with Gasteiger partial charge in [-0.25, -0.2) is 9.59 Å². The van der Waals surface area contributed by atoms with Gasteiger partial charge in [0.1, 0.15) is 5.56 Å². The molecule has 1 heterocycles.